The van der Waals surface area contributed by atoms with Crippen LogP contribution in [0.1, 0.15) is 10.9 Å². The number of nitrogens with zero attached hydrogens (tertiary/aromatic N) is 3. The van der Waals surface area contributed by atoms with Crippen LogP contribution in [0.5, 0.6) is 0 Å². The molecule has 0 bridgehead atoms. The fourth-order valence-corrected chi connectivity index (χ4v) is 3.63. The lowest BCUT2D eigenvalue weighted by Crippen LogP contribution is -2.36. The molecule has 0 fully saturated rings. The summed E-state index contributed by atoms with van der Waals surface area (Å²) in [5, 5.41) is 14.1. The second kappa shape index (κ2) is 4.43. The molecule has 1 N–H and O–H groups in total. The number of carbonyl (C=O) groups excluding carboxylic acids is 1. The van der Waals surface area contributed by atoms with Gasteiger partial charge in [-0.05, 0) is 23.6 Å². The van der Waals surface area contributed by atoms with Crippen LogP contribution in [0.15, 0.2) is 41.8 Å². The predicted octanol–water partition coefficient (Wildman–Crippen LogP) is 2.78. The number of nitrogens with one attached hydrogen (secondary N) is 1. The van der Waals surface area contributed by atoms with Crippen LogP contribution in [0.25, 0.3) is 11.0 Å². The zero-order chi connectivity index (χ0) is 14.4. The number of hydrogen-bond acceptors (Lipinski definition) is 4. The number of rotatable bonds is 1. The molecule has 1 aliphatic rings. The third kappa shape index (κ3) is 1.68. The van der Waals surface area contributed by atoms with Crippen molar-refractivity contribution in [1.29, 1.82) is 5.26 Å². The molecular formula is C15H10N4OS. The van der Waals surface area contributed by atoms with Gasteiger partial charge in [0, 0.05) is 4.88 Å². The first kappa shape index (κ1) is 12.1. The van der Waals surface area contributed by atoms with Crippen molar-refractivity contribution in [3.05, 3.63) is 46.7 Å². The van der Waals surface area contributed by atoms with Crippen LogP contribution < -0.4 is 5.32 Å². The van der Waals surface area contributed by atoms with Crippen molar-refractivity contribution >= 4 is 34.2 Å². The molecule has 3 heterocycles. The average Bonchev–Trinajstić information content (AvgIpc) is 3.13. The Morgan fingerprint density at radius 1 is 1.29 bits per heavy atom. The number of amides is 1. The summed E-state index contributed by atoms with van der Waals surface area (Å²) in [7, 11) is 0. The predicted molar refractivity (Wildman–Crippen MR) is 79.9 cm³/mol. The molecule has 5 nitrogen and oxygen atoms in total. The van der Waals surface area contributed by atoms with Crippen molar-refractivity contribution in [2.24, 2.45) is 5.92 Å². The van der Waals surface area contributed by atoms with Gasteiger partial charge in [-0.3, -0.25) is 14.7 Å². The summed E-state index contributed by atoms with van der Waals surface area (Å²) in [6, 6.07) is 13.4. The van der Waals surface area contributed by atoms with Crippen molar-refractivity contribution in [1.82, 2.24) is 9.55 Å². The third-order valence-electron chi connectivity index (χ3n) is 3.68. The number of hydrogen-bond donors (Lipinski definition) is 1. The van der Waals surface area contributed by atoms with E-state index in [1.807, 2.05) is 46.3 Å². The minimum atomic E-state index is -0.756. The highest BCUT2D eigenvalue weighted by Crippen LogP contribution is 2.39. The summed E-state index contributed by atoms with van der Waals surface area (Å²) >= 11 is 1.55. The standard InChI is InChI=1S/C15H10N4OS/c16-8-9-13(12-6-3-7-21-12)19-11-5-2-1-4-10(11)17-15(19)18-14(9)20/h1-7,9,13H,(H,17,18,20). The molecule has 4 rings (SSSR count). The first-order valence-electron chi connectivity index (χ1n) is 6.50. The van der Waals surface area contributed by atoms with Gasteiger partial charge in [0.2, 0.25) is 11.9 Å². The summed E-state index contributed by atoms with van der Waals surface area (Å²) in [5.41, 5.74) is 1.74. The van der Waals surface area contributed by atoms with Crippen molar-refractivity contribution in [2.75, 3.05) is 5.32 Å². The summed E-state index contributed by atoms with van der Waals surface area (Å²) in [6.45, 7) is 0. The lowest BCUT2D eigenvalue weighted by molar-refractivity contribution is -0.119. The van der Waals surface area contributed by atoms with E-state index in [-0.39, 0.29) is 11.9 Å². The number of thiophene rings is 1. The van der Waals surface area contributed by atoms with Crippen LogP contribution >= 0.6 is 11.3 Å². The lowest BCUT2D eigenvalue weighted by Gasteiger charge is -2.28. The lowest BCUT2D eigenvalue weighted by atomic mass is 9.96. The van der Waals surface area contributed by atoms with Crippen molar-refractivity contribution in [2.45, 2.75) is 6.04 Å². The highest BCUT2D eigenvalue weighted by molar-refractivity contribution is 7.10. The summed E-state index contributed by atoms with van der Waals surface area (Å²) in [5.74, 6) is -0.543. The maximum Gasteiger partial charge on any atom is 0.246 e. The molecule has 0 saturated heterocycles. The minimum Gasteiger partial charge on any atom is -0.300 e. The van der Waals surface area contributed by atoms with E-state index in [1.165, 1.54) is 0 Å². The van der Waals surface area contributed by atoms with E-state index in [2.05, 4.69) is 16.4 Å². The molecule has 1 aliphatic heterocycles. The molecule has 2 unspecified atom stereocenters. The van der Waals surface area contributed by atoms with Gasteiger partial charge in [-0.25, -0.2) is 4.98 Å². The van der Waals surface area contributed by atoms with Gasteiger partial charge in [0.1, 0.15) is 0 Å². The second-order valence-electron chi connectivity index (χ2n) is 4.85. The van der Waals surface area contributed by atoms with E-state index >= 15 is 0 Å². The van der Waals surface area contributed by atoms with Gasteiger partial charge in [0.05, 0.1) is 23.1 Å². The van der Waals surface area contributed by atoms with Crippen LogP contribution in [0.4, 0.5) is 5.95 Å². The number of aromatic nitrogens is 2. The van der Waals surface area contributed by atoms with Gasteiger partial charge >= 0.3 is 0 Å². The van der Waals surface area contributed by atoms with Gasteiger partial charge in [-0.1, -0.05) is 18.2 Å². The van der Waals surface area contributed by atoms with E-state index in [0.29, 0.717) is 5.95 Å². The number of anilines is 1. The maximum absolute atomic E-state index is 12.2. The van der Waals surface area contributed by atoms with E-state index in [9.17, 15) is 10.1 Å². The highest BCUT2D eigenvalue weighted by atomic mass is 32.1. The van der Waals surface area contributed by atoms with Gasteiger partial charge in [0.25, 0.3) is 0 Å². The normalized spacial score (nSPS) is 20.8. The van der Waals surface area contributed by atoms with Crippen molar-refractivity contribution in [3.63, 3.8) is 0 Å². The quantitative estimate of drug-likeness (QED) is 0.750. The van der Waals surface area contributed by atoms with Crippen LogP contribution in [0.2, 0.25) is 0 Å². The molecule has 3 aromatic rings. The number of benzene rings is 1. The molecule has 0 radical (unpaired) electrons. The van der Waals surface area contributed by atoms with Crippen LogP contribution in [0, 0.1) is 17.2 Å². The number of imidazole rings is 1. The second-order valence-corrected chi connectivity index (χ2v) is 5.83. The first-order chi connectivity index (χ1) is 10.3. The highest BCUT2D eigenvalue weighted by Gasteiger charge is 2.39. The molecule has 6 heteroatoms. The molecule has 0 saturated carbocycles. The van der Waals surface area contributed by atoms with E-state index in [1.54, 1.807) is 11.3 Å². The van der Waals surface area contributed by atoms with E-state index < -0.39 is 5.92 Å². The van der Waals surface area contributed by atoms with E-state index in [4.69, 9.17) is 0 Å². The minimum absolute atomic E-state index is 0.293. The molecule has 21 heavy (non-hydrogen) atoms. The van der Waals surface area contributed by atoms with Crippen molar-refractivity contribution in [3.8, 4) is 6.07 Å². The summed E-state index contributed by atoms with van der Waals surface area (Å²) < 4.78 is 1.95. The maximum atomic E-state index is 12.2. The molecule has 2 atom stereocenters. The van der Waals surface area contributed by atoms with Gasteiger partial charge in [0.15, 0.2) is 5.92 Å². The molecule has 0 spiro atoms. The van der Waals surface area contributed by atoms with E-state index in [0.717, 1.165) is 15.9 Å². The monoisotopic (exact) mass is 294 g/mol. The topological polar surface area (TPSA) is 70.7 Å². The fraction of sp³-hybridized carbons (Fsp3) is 0.133. The Morgan fingerprint density at radius 2 is 2.14 bits per heavy atom. The zero-order valence-corrected chi connectivity index (χ0v) is 11.7. The van der Waals surface area contributed by atoms with Gasteiger partial charge in [-0.2, -0.15) is 5.26 Å². The number of para-hydroxylation sites is 2. The largest absolute Gasteiger partial charge is 0.300 e. The van der Waals surface area contributed by atoms with Crippen molar-refractivity contribution < 1.29 is 4.79 Å². The molecular weight excluding hydrogens is 284 g/mol. The first-order valence-corrected chi connectivity index (χ1v) is 7.38. The fourth-order valence-electron chi connectivity index (χ4n) is 2.77. The summed E-state index contributed by atoms with van der Waals surface area (Å²) in [4.78, 5) is 17.6. The Hall–Kier alpha value is -2.65. The molecule has 0 aliphatic carbocycles. The van der Waals surface area contributed by atoms with Gasteiger partial charge < -0.3 is 0 Å². The van der Waals surface area contributed by atoms with Crippen LogP contribution in [-0.2, 0) is 4.79 Å². The molecule has 102 valence electrons. The third-order valence-corrected chi connectivity index (χ3v) is 4.62. The molecule has 1 aromatic carbocycles. The Bertz CT molecular complexity index is 875. The van der Waals surface area contributed by atoms with Crippen LogP contribution in [-0.4, -0.2) is 15.5 Å². The molecule has 1 amide bonds. The zero-order valence-electron chi connectivity index (χ0n) is 10.9. The number of carbonyl (C=O) groups is 1. The Labute approximate surface area is 124 Å². The number of nitriles is 1. The SMILES string of the molecule is N#CC1C(=O)Nc2nc3ccccc3n2C1c1cccs1. The van der Waals surface area contributed by atoms with Gasteiger partial charge in [-0.15, -0.1) is 11.3 Å². The summed E-state index contributed by atoms with van der Waals surface area (Å²) in [6.07, 6.45) is 0. The van der Waals surface area contributed by atoms with Crippen LogP contribution in [0.3, 0.4) is 0 Å². The Kier molecular flexibility index (Phi) is 2.56. The average molecular weight is 294 g/mol. The smallest absolute Gasteiger partial charge is 0.246 e. The molecule has 2 aromatic heterocycles. The Balaban J connectivity index is 2.04. The Morgan fingerprint density at radius 3 is 2.90 bits per heavy atom. The number of fused-ring (bicyclic) bond motifs is 3.